The number of azide groups is 1. The zero-order valence-corrected chi connectivity index (χ0v) is 10.8. The van der Waals surface area contributed by atoms with Gasteiger partial charge in [0.15, 0.2) is 0 Å². The Morgan fingerprint density at radius 1 is 1.47 bits per heavy atom. The highest BCUT2D eigenvalue weighted by molar-refractivity contribution is 5.37. The lowest BCUT2D eigenvalue weighted by atomic mass is 9.98. The fourth-order valence-electron chi connectivity index (χ4n) is 2.21. The Morgan fingerprint density at radius 3 is 2.95 bits per heavy atom. The van der Waals surface area contributed by atoms with Crippen LogP contribution in [0.3, 0.4) is 0 Å². The van der Waals surface area contributed by atoms with Gasteiger partial charge < -0.3 is 0 Å². The first kappa shape index (κ1) is 13.4. The van der Waals surface area contributed by atoms with E-state index in [9.17, 15) is 5.26 Å². The highest BCUT2D eigenvalue weighted by Gasteiger charge is 2.27. The van der Waals surface area contributed by atoms with Crippen molar-refractivity contribution < 1.29 is 0 Å². The molecule has 0 amide bonds. The van der Waals surface area contributed by atoms with Crippen LogP contribution in [0.1, 0.15) is 42.3 Å². The first-order valence-electron chi connectivity index (χ1n) is 6.59. The molecule has 0 saturated heterocycles. The van der Waals surface area contributed by atoms with Crippen LogP contribution in [0.15, 0.2) is 29.4 Å². The Hall–Kier alpha value is -2.02. The molecule has 0 spiro atoms. The van der Waals surface area contributed by atoms with Crippen LogP contribution < -0.4 is 5.32 Å². The van der Waals surface area contributed by atoms with Crippen LogP contribution in [0.5, 0.6) is 0 Å². The Morgan fingerprint density at radius 2 is 2.26 bits per heavy atom. The maximum absolute atomic E-state index is 9.31. The van der Waals surface area contributed by atoms with Crippen molar-refractivity contribution >= 4 is 0 Å². The lowest BCUT2D eigenvalue weighted by Crippen LogP contribution is -2.22. The number of rotatable bonds is 7. The SMILES string of the molecule is N#CC(NCCCN=[N+]=[N-])c1ccccc1C1CC1. The molecule has 1 N–H and O–H groups in total. The van der Waals surface area contributed by atoms with Gasteiger partial charge in [-0.1, -0.05) is 29.4 Å². The van der Waals surface area contributed by atoms with Gasteiger partial charge in [-0.25, -0.2) is 0 Å². The molecule has 1 aromatic carbocycles. The molecular weight excluding hydrogens is 238 g/mol. The number of nitriles is 1. The summed E-state index contributed by atoms with van der Waals surface area (Å²) in [6.45, 7) is 1.14. The third kappa shape index (κ3) is 3.72. The molecule has 5 heteroatoms. The normalized spacial score (nSPS) is 15.3. The van der Waals surface area contributed by atoms with E-state index in [1.807, 2.05) is 18.2 Å². The molecule has 1 unspecified atom stereocenters. The second-order valence-corrected chi connectivity index (χ2v) is 4.73. The molecule has 0 bridgehead atoms. The van der Waals surface area contributed by atoms with Gasteiger partial charge in [-0.15, -0.1) is 0 Å². The molecule has 1 saturated carbocycles. The number of hydrogen-bond donors (Lipinski definition) is 1. The number of hydrogen-bond acceptors (Lipinski definition) is 3. The van der Waals surface area contributed by atoms with E-state index >= 15 is 0 Å². The van der Waals surface area contributed by atoms with Crippen molar-refractivity contribution in [2.24, 2.45) is 5.11 Å². The van der Waals surface area contributed by atoms with E-state index in [1.54, 1.807) is 0 Å². The van der Waals surface area contributed by atoms with Gasteiger partial charge in [0, 0.05) is 11.5 Å². The molecule has 19 heavy (non-hydrogen) atoms. The van der Waals surface area contributed by atoms with E-state index in [1.165, 1.54) is 18.4 Å². The fraction of sp³-hybridized carbons (Fsp3) is 0.500. The van der Waals surface area contributed by atoms with Crippen LogP contribution in [0.2, 0.25) is 0 Å². The summed E-state index contributed by atoms with van der Waals surface area (Å²) in [5, 5.41) is 16.0. The molecule has 2 rings (SSSR count). The molecule has 5 nitrogen and oxygen atoms in total. The van der Waals surface area contributed by atoms with Crippen molar-refractivity contribution in [2.45, 2.75) is 31.2 Å². The monoisotopic (exact) mass is 255 g/mol. The van der Waals surface area contributed by atoms with E-state index < -0.39 is 0 Å². The summed E-state index contributed by atoms with van der Waals surface area (Å²) in [5.41, 5.74) is 10.6. The minimum atomic E-state index is -0.275. The molecule has 1 atom stereocenters. The summed E-state index contributed by atoms with van der Waals surface area (Å²) in [5.74, 6) is 0.636. The van der Waals surface area contributed by atoms with Crippen molar-refractivity contribution in [2.75, 3.05) is 13.1 Å². The van der Waals surface area contributed by atoms with Crippen LogP contribution in [0, 0.1) is 11.3 Å². The standard InChI is InChI=1S/C14H17N5/c15-10-14(17-8-3-9-18-19-16)13-5-2-1-4-12(13)11-6-7-11/h1-2,4-5,11,14,17H,3,6-9H2. The molecule has 1 aromatic rings. The van der Waals surface area contributed by atoms with Crippen LogP contribution in [-0.4, -0.2) is 13.1 Å². The molecule has 1 aliphatic carbocycles. The molecule has 98 valence electrons. The van der Waals surface area contributed by atoms with Gasteiger partial charge >= 0.3 is 0 Å². The molecule has 0 aliphatic heterocycles. The minimum absolute atomic E-state index is 0.275. The van der Waals surface area contributed by atoms with E-state index in [2.05, 4.69) is 27.5 Å². The van der Waals surface area contributed by atoms with E-state index in [0.29, 0.717) is 19.0 Å². The minimum Gasteiger partial charge on any atom is -0.298 e. The Bertz CT molecular complexity index is 509. The largest absolute Gasteiger partial charge is 0.298 e. The van der Waals surface area contributed by atoms with E-state index in [-0.39, 0.29) is 6.04 Å². The fourth-order valence-corrected chi connectivity index (χ4v) is 2.21. The van der Waals surface area contributed by atoms with E-state index in [0.717, 1.165) is 12.0 Å². The van der Waals surface area contributed by atoms with Crippen molar-refractivity contribution in [3.8, 4) is 6.07 Å². The summed E-state index contributed by atoms with van der Waals surface area (Å²) in [4.78, 5) is 2.71. The highest BCUT2D eigenvalue weighted by atomic mass is 15.1. The zero-order chi connectivity index (χ0) is 13.5. The molecular formula is C14H17N5. The molecule has 0 aromatic heterocycles. The van der Waals surface area contributed by atoms with Gasteiger partial charge in [0.1, 0.15) is 6.04 Å². The van der Waals surface area contributed by atoms with Crippen LogP contribution >= 0.6 is 0 Å². The maximum Gasteiger partial charge on any atom is 0.121 e. The van der Waals surface area contributed by atoms with Gasteiger partial charge in [-0.2, -0.15) is 5.26 Å². The summed E-state index contributed by atoms with van der Waals surface area (Å²) in [7, 11) is 0. The number of nitrogens with one attached hydrogen (secondary N) is 1. The zero-order valence-electron chi connectivity index (χ0n) is 10.8. The lowest BCUT2D eigenvalue weighted by molar-refractivity contribution is 0.603. The predicted octanol–water partition coefficient (Wildman–Crippen LogP) is 3.42. The van der Waals surface area contributed by atoms with Crippen molar-refractivity contribution in [1.29, 1.82) is 5.26 Å². The topological polar surface area (TPSA) is 84.6 Å². The first-order valence-corrected chi connectivity index (χ1v) is 6.59. The molecule has 0 heterocycles. The second-order valence-electron chi connectivity index (χ2n) is 4.73. The summed E-state index contributed by atoms with van der Waals surface area (Å²) < 4.78 is 0. The van der Waals surface area contributed by atoms with Gasteiger partial charge in [-0.3, -0.25) is 5.32 Å². The Balaban J connectivity index is 1.97. The van der Waals surface area contributed by atoms with Gasteiger partial charge in [0.2, 0.25) is 0 Å². The van der Waals surface area contributed by atoms with Crippen LogP contribution in [0.25, 0.3) is 10.4 Å². The number of nitrogens with zero attached hydrogens (tertiary/aromatic N) is 4. The maximum atomic E-state index is 9.31. The second kappa shape index (κ2) is 6.79. The predicted molar refractivity (Wildman–Crippen MR) is 73.4 cm³/mol. The smallest absolute Gasteiger partial charge is 0.121 e. The summed E-state index contributed by atoms with van der Waals surface area (Å²) >= 11 is 0. The van der Waals surface area contributed by atoms with Crippen LogP contribution in [0.4, 0.5) is 0 Å². The van der Waals surface area contributed by atoms with Crippen molar-refractivity contribution in [1.82, 2.24) is 5.32 Å². The number of benzene rings is 1. The van der Waals surface area contributed by atoms with E-state index in [4.69, 9.17) is 5.53 Å². The van der Waals surface area contributed by atoms with Gasteiger partial charge in [-0.05, 0) is 48.4 Å². The highest BCUT2D eigenvalue weighted by Crippen LogP contribution is 2.42. The summed E-state index contributed by atoms with van der Waals surface area (Å²) in [6, 6.07) is 10.2. The van der Waals surface area contributed by atoms with Gasteiger partial charge in [0.05, 0.1) is 6.07 Å². The summed E-state index contributed by atoms with van der Waals surface area (Å²) in [6.07, 6.45) is 3.20. The van der Waals surface area contributed by atoms with Crippen molar-refractivity contribution in [3.63, 3.8) is 0 Å². The average molecular weight is 255 g/mol. The van der Waals surface area contributed by atoms with Crippen molar-refractivity contribution in [3.05, 3.63) is 45.8 Å². The first-order chi connectivity index (χ1) is 9.36. The third-order valence-electron chi connectivity index (χ3n) is 3.30. The Labute approximate surface area is 112 Å². The molecule has 0 radical (unpaired) electrons. The molecule has 1 aliphatic rings. The van der Waals surface area contributed by atoms with Gasteiger partial charge in [0.25, 0.3) is 0 Å². The quantitative estimate of drug-likeness (QED) is 0.350. The third-order valence-corrected chi connectivity index (χ3v) is 3.30. The average Bonchev–Trinajstić information content (AvgIpc) is 3.28. The molecule has 1 fully saturated rings. The lowest BCUT2D eigenvalue weighted by Gasteiger charge is -2.15. The van der Waals surface area contributed by atoms with Crippen LogP contribution in [-0.2, 0) is 0 Å². The Kier molecular flexibility index (Phi) is 4.79.